The molecule has 0 aliphatic heterocycles. The van der Waals surface area contributed by atoms with Crippen molar-refractivity contribution < 1.29 is 4.74 Å². The zero-order valence-electron chi connectivity index (χ0n) is 16.5. The van der Waals surface area contributed by atoms with Crippen molar-refractivity contribution >= 4 is 22.7 Å². The maximum atomic E-state index is 5.69. The molecule has 0 aromatic carbocycles. The highest BCUT2D eigenvalue weighted by atomic mass is 16.5. The number of hydrogen-bond acceptors (Lipinski definition) is 5. The molecule has 4 heterocycles. The van der Waals surface area contributed by atoms with Gasteiger partial charge in [0.1, 0.15) is 11.6 Å². The molecule has 1 atom stereocenters. The van der Waals surface area contributed by atoms with Gasteiger partial charge in [-0.25, -0.2) is 4.98 Å². The molecule has 7 heteroatoms. The summed E-state index contributed by atoms with van der Waals surface area (Å²) in [6, 6.07) is 8.05. The molecule has 144 valence electrons. The third kappa shape index (κ3) is 3.61. The number of ether oxygens (including phenoxy) is 1. The molecule has 4 aromatic rings. The van der Waals surface area contributed by atoms with Crippen molar-refractivity contribution in [3.63, 3.8) is 0 Å². The van der Waals surface area contributed by atoms with E-state index in [0.717, 1.165) is 39.4 Å². The Kier molecular flexibility index (Phi) is 4.83. The summed E-state index contributed by atoms with van der Waals surface area (Å²) in [7, 11) is 3.91. The Labute approximate surface area is 164 Å². The normalized spacial score (nSPS) is 12.4. The molecule has 0 fully saturated rings. The zero-order chi connectivity index (χ0) is 19.7. The van der Waals surface area contributed by atoms with Crippen LogP contribution in [0, 0.1) is 0 Å². The summed E-state index contributed by atoms with van der Waals surface area (Å²) in [6.45, 7) is 4.76. The average molecular weight is 376 g/mol. The van der Waals surface area contributed by atoms with Crippen LogP contribution in [-0.4, -0.2) is 30.9 Å². The van der Waals surface area contributed by atoms with Gasteiger partial charge in [-0.2, -0.15) is 5.10 Å². The molecule has 0 aliphatic rings. The number of aromatic nitrogens is 5. The van der Waals surface area contributed by atoms with Crippen LogP contribution in [0.1, 0.15) is 25.5 Å². The average Bonchev–Trinajstić information content (AvgIpc) is 3.27. The van der Waals surface area contributed by atoms with Gasteiger partial charge in [0, 0.05) is 56.0 Å². The Morgan fingerprint density at radius 3 is 2.68 bits per heavy atom. The van der Waals surface area contributed by atoms with Crippen molar-refractivity contribution in [2.75, 3.05) is 11.9 Å². The topological polar surface area (TPSA) is 69.8 Å². The van der Waals surface area contributed by atoms with Gasteiger partial charge in [0.05, 0.1) is 23.3 Å². The Hall–Kier alpha value is -3.19. The van der Waals surface area contributed by atoms with E-state index in [1.165, 1.54) is 0 Å². The van der Waals surface area contributed by atoms with Crippen molar-refractivity contribution in [3.8, 4) is 11.1 Å². The second-order valence-corrected chi connectivity index (χ2v) is 6.85. The van der Waals surface area contributed by atoms with Gasteiger partial charge in [-0.1, -0.05) is 0 Å². The highest BCUT2D eigenvalue weighted by Gasteiger charge is 2.11. The molecule has 0 radical (unpaired) electrons. The molecule has 7 nitrogen and oxygen atoms in total. The Balaban J connectivity index is 1.62. The third-order valence-electron chi connectivity index (χ3n) is 4.74. The number of aryl methyl sites for hydroxylation is 2. The van der Waals surface area contributed by atoms with E-state index in [4.69, 9.17) is 9.72 Å². The number of fused-ring (bicyclic) bond motifs is 1. The second-order valence-electron chi connectivity index (χ2n) is 6.85. The van der Waals surface area contributed by atoms with Crippen molar-refractivity contribution in [1.29, 1.82) is 0 Å². The summed E-state index contributed by atoms with van der Waals surface area (Å²) in [5.74, 6) is 1.74. The van der Waals surface area contributed by atoms with Gasteiger partial charge in [0.15, 0.2) is 0 Å². The Morgan fingerprint density at radius 2 is 1.93 bits per heavy atom. The minimum atomic E-state index is 0.0579. The first-order valence-corrected chi connectivity index (χ1v) is 9.34. The molecule has 0 aliphatic carbocycles. The molecule has 0 saturated heterocycles. The van der Waals surface area contributed by atoms with Gasteiger partial charge in [-0.05, 0) is 38.1 Å². The molecule has 1 N–H and O–H groups in total. The van der Waals surface area contributed by atoms with E-state index in [2.05, 4.69) is 34.6 Å². The lowest BCUT2D eigenvalue weighted by Crippen LogP contribution is -1.99. The van der Waals surface area contributed by atoms with Crippen molar-refractivity contribution in [2.24, 2.45) is 14.1 Å². The molecule has 4 rings (SSSR count). The van der Waals surface area contributed by atoms with Crippen LogP contribution >= 0.6 is 0 Å². The van der Waals surface area contributed by atoms with Gasteiger partial charge in [0.2, 0.25) is 0 Å². The highest BCUT2D eigenvalue weighted by molar-refractivity contribution is 5.81. The van der Waals surface area contributed by atoms with Gasteiger partial charge < -0.3 is 14.6 Å². The fourth-order valence-corrected chi connectivity index (χ4v) is 3.22. The van der Waals surface area contributed by atoms with E-state index in [9.17, 15) is 0 Å². The molecule has 1 unspecified atom stereocenters. The SMILES string of the molecule is CCOC(C)c1cc(Nc2ccc3ncc(-c4cnn(C)c4)cc3n2)n(C)c1. The fourth-order valence-electron chi connectivity index (χ4n) is 3.22. The maximum Gasteiger partial charge on any atom is 0.132 e. The predicted octanol–water partition coefficient (Wildman–Crippen LogP) is 4.21. The number of nitrogens with one attached hydrogen (secondary N) is 1. The predicted molar refractivity (Wildman–Crippen MR) is 110 cm³/mol. The second kappa shape index (κ2) is 7.44. The molecular formula is C21H24N6O. The summed E-state index contributed by atoms with van der Waals surface area (Å²) < 4.78 is 9.51. The van der Waals surface area contributed by atoms with Crippen molar-refractivity contribution in [1.82, 2.24) is 24.3 Å². The van der Waals surface area contributed by atoms with Crippen molar-refractivity contribution in [2.45, 2.75) is 20.0 Å². The van der Waals surface area contributed by atoms with Gasteiger partial charge in [0.25, 0.3) is 0 Å². The third-order valence-corrected chi connectivity index (χ3v) is 4.74. The summed E-state index contributed by atoms with van der Waals surface area (Å²) in [5, 5.41) is 7.63. The van der Waals surface area contributed by atoms with Crippen molar-refractivity contribution in [3.05, 3.63) is 54.6 Å². The minimum absolute atomic E-state index is 0.0579. The minimum Gasteiger partial charge on any atom is -0.374 e. The lowest BCUT2D eigenvalue weighted by molar-refractivity contribution is 0.0764. The van der Waals surface area contributed by atoms with E-state index in [0.29, 0.717) is 6.61 Å². The van der Waals surface area contributed by atoms with E-state index in [1.807, 2.05) is 62.4 Å². The Bertz CT molecular complexity index is 1110. The van der Waals surface area contributed by atoms with Gasteiger partial charge >= 0.3 is 0 Å². The van der Waals surface area contributed by atoms with Gasteiger partial charge in [-0.15, -0.1) is 0 Å². The van der Waals surface area contributed by atoms with E-state index in [-0.39, 0.29) is 6.10 Å². The maximum absolute atomic E-state index is 5.69. The van der Waals surface area contributed by atoms with Crippen LogP contribution in [0.4, 0.5) is 11.6 Å². The number of rotatable bonds is 6. The summed E-state index contributed by atoms with van der Waals surface area (Å²) >= 11 is 0. The van der Waals surface area contributed by atoms with Crippen LogP contribution in [0.5, 0.6) is 0 Å². The number of nitrogens with zero attached hydrogens (tertiary/aromatic N) is 5. The quantitative estimate of drug-likeness (QED) is 0.546. The number of anilines is 2. The number of pyridine rings is 2. The monoisotopic (exact) mass is 376 g/mol. The van der Waals surface area contributed by atoms with Crippen LogP contribution in [0.2, 0.25) is 0 Å². The smallest absolute Gasteiger partial charge is 0.132 e. The Morgan fingerprint density at radius 1 is 1.07 bits per heavy atom. The van der Waals surface area contributed by atoms with E-state index < -0.39 is 0 Å². The van der Waals surface area contributed by atoms with E-state index >= 15 is 0 Å². The first kappa shape index (κ1) is 18.2. The largest absolute Gasteiger partial charge is 0.374 e. The number of hydrogen-bond donors (Lipinski definition) is 1. The van der Waals surface area contributed by atoms with Crippen LogP contribution in [-0.2, 0) is 18.8 Å². The molecule has 0 spiro atoms. The molecule has 0 saturated carbocycles. The van der Waals surface area contributed by atoms with Gasteiger partial charge in [-0.3, -0.25) is 9.67 Å². The van der Waals surface area contributed by atoms with Crippen LogP contribution in [0.15, 0.2) is 49.1 Å². The van der Waals surface area contributed by atoms with Crippen LogP contribution < -0.4 is 5.32 Å². The lowest BCUT2D eigenvalue weighted by atomic mass is 10.1. The standard InChI is InChI=1S/C21H24N6O/c1-5-28-14(2)16-9-21(26(3)12-16)25-20-7-6-18-19(24-20)8-15(10-22-18)17-11-23-27(4)13-17/h6-14H,5H2,1-4H3,(H,24,25). The fraction of sp³-hybridized carbons (Fsp3) is 0.286. The zero-order valence-corrected chi connectivity index (χ0v) is 16.5. The first-order chi connectivity index (χ1) is 13.5. The molecule has 0 bridgehead atoms. The van der Waals surface area contributed by atoms with Crippen LogP contribution in [0.3, 0.4) is 0 Å². The summed E-state index contributed by atoms with van der Waals surface area (Å²) in [6.07, 6.45) is 7.78. The molecule has 28 heavy (non-hydrogen) atoms. The molecule has 0 amide bonds. The summed E-state index contributed by atoms with van der Waals surface area (Å²) in [5.41, 5.74) is 4.85. The molecular weight excluding hydrogens is 352 g/mol. The van der Waals surface area contributed by atoms with E-state index in [1.54, 1.807) is 4.68 Å². The summed E-state index contributed by atoms with van der Waals surface area (Å²) in [4.78, 5) is 9.28. The first-order valence-electron chi connectivity index (χ1n) is 9.34. The molecule has 4 aromatic heterocycles. The van der Waals surface area contributed by atoms with Crippen LogP contribution in [0.25, 0.3) is 22.2 Å². The lowest BCUT2D eigenvalue weighted by Gasteiger charge is -2.08. The highest BCUT2D eigenvalue weighted by Crippen LogP contribution is 2.26.